The maximum Gasteiger partial charge on any atom is 0.215 e. The van der Waals surface area contributed by atoms with Crippen molar-refractivity contribution in [1.82, 2.24) is 0 Å². The van der Waals surface area contributed by atoms with Crippen molar-refractivity contribution in [2.75, 3.05) is 0 Å². The van der Waals surface area contributed by atoms with Gasteiger partial charge in [-0.2, -0.15) is 0 Å². The van der Waals surface area contributed by atoms with Gasteiger partial charge in [-0.25, -0.2) is 4.99 Å². The third-order valence-electron chi connectivity index (χ3n) is 0.797. The molecule has 0 amide bonds. The van der Waals surface area contributed by atoms with Gasteiger partial charge in [-0.1, -0.05) is 23.2 Å². The van der Waals surface area contributed by atoms with Gasteiger partial charge in [-0.3, -0.25) is 4.99 Å². The zero-order chi connectivity index (χ0) is 6.85. The molecule has 0 aromatic rings. The van der Waals surface area contributed by atoms with Gasteiger partial charge in [0.05, 0.1) is 0 Å². The second kappa shape index (κ2) is 2.86. The minimum Gasteiger partial charge on any atom is -0.254 e. The average Bonchev–Trinajstić information content (AvgIpc) is 1.80. The van der Waals surface area contributed by atoms with Crippen molar-refractivity contribution in [3.63, 3.8) is 0 Å². The number of rotatable bonds is 0. The monoisotopic (exact) mass is 184 g/mol. The van der Waals surface area contributed by atoms with Crippen molar-refractivity contribution in [1.29, 1.82) is 0 Å². The highest BCUT2D eigenvalue weighted by Gasteiger charge is 2.14. The molecule has 0 radical (unpaired) electrons. The van der Waals surface area contributed by atoms with Crippen molar-refractivity contribution in [3.05, 3.63) is 0 Å². The normalized spacial score (nSPS) is 34.3. The van der Waals surface area contributed by atoms with Crippen LogP contribution in [0, 0.1) is 0 Å². The van der Waals surface area contributed by atoms with Gasteiger partial charge in [0.2, 0.25) is 5.62 Å². The van der Waals surface area contributed by atoms with E-state index in [-0.39, 0.29) is 0 Å². The maximum atomic E-state index is 5.56. The van der Waals surface area contributed by atoms with Crippen LogP contribution in [0.15, 0.2) is 9.98 Å². The van der Waals surface area contributed by atoms with Gasteiger partial charge in [0, 0.05) is 6.21 Å². The molecule has 0 fully saturated rings. The second-order valence-electron chi connectivity index (χ2n) is 1.46. The molecule has 1 aliphatic rings. The molecule has 1 rings (SSSR count). The molecule has 0 spiro atoms. The lowest BCUT2D eigenvalue weighted by Crippen LogP contribution is -2.17. The number of aliphatic imine (C=N–C) groups is 2. The van der Waals surface area contributed by atoms with E-state index in [1.54, 1.807) is 0 Å². The molecule has 0 aliphatic carbocycles. The van der Waals surface area contributed by atoms with Crippen LogP contribution in [-0.2, 0) is 0 Å². The fraction of sp³-hybridized carbons (Fsp3) is 0.500. The lowest BCUT2D eigenvalue weighted by Gasteiger charge is -2.07. The zero-order valence-electron chi connectivity index (χ0n) is 4.26. The van der Waals surface area contributed by atoms with Crippen molar-refractivity contribution in [2.24, 2.45) is 9.98 Å². The molecule has 2 atom stereocenters. The molecule has 0 N–H and O–H groups in total. The Kier molecular flexibility index (Phi) is 2.33. The highest BCUT2D eigenvalue weighted by Crippen LogP contribution is 2.12. The standard InChI is InChI=1S/C4H3Cl3N2/c5-2-1-8-4(7)9-3(2)6/h1-2,4H. The Hall–Kier alpha value is 0.210. The summed E-state index contributed by atoms with van der Waals surface area (Å²) < 4.78 is 0. The van der Waals surface area contributed by atoms with Crippen LogP contribution >= 0.6 is 34.8 Å². The quantitative estimate of drug-likeness (QED) is 0.406. The Morgan fingerprint density at radius 2 is 2.11 bits per heavy atom. The summed E-state index contributed by atoms with van der Waals surface area (Å²) >= 11 is 16.5. The SMILES string of the molecule is ClC1=NC(Cl)N=CC1Cl. The van der Waals surface area contributed by atoms with E-state index in [2.05, 4.69) is 9.98 Å². The summed E-state index contributed by atoms with van der Waals surface area (Å²) in [6.07, 6.45) is 1.47. The Morgan fingerprint density at radius 3 is 2.56 bits per heavy atom. The molecular weight excluding hydrogens is 182 g/mol. The van der Waals surface area contributed by atoms with E-state index < -0.39 is 11.0 Å². The van der Waals surface area contributed by atoms with Crippen LogP contribution in [0.25, 0.3) is 0 Å². The largest absolute Gasteiger partial charge is 0.254 e. The number of hydrogen-bond acceptors (Lipinski definition) is 2. The van der Waals surface area contributed by atoms with E-state index in [4.69, 9.17) is 34.8 Å². The molecule has 2 nitrogen and oxygen atoms in total. The zero-order valence-corrected chi connectivity index (χ0v) is 6.53. The highest BCUT2D eigenvalue weighted by atomic mass is 35.5. The van der Waals surface area contributed by atoms with Crippen LogP contribution in [-0.4, -0.2) is 22.4 Å². The van der Waals surface area contributed by atoms with Crippen LogP contribution in [0.4, 0.5) is 0 Å². The molecule has 5 heteroatoms. The summed E-state index contributed by atoms with van der Waals surface area (Å²) in [5.74, 6) is 0. The Morgan fingerprint density at radius 1 is 1.44 bits per heavy atom. The van der Waals surface area contributed by atoms with E-state index in [0.29, 0.717) is 5.17 Å². The third-order valence-corrected chi connectivity index (χ3v) is 1.77. The van der Waals surface area contributed by atoms with Crippen LogP contribution in [0.1, 0.15) is 0 Å². The Bertz CT molecular complexity index is 165. The number of hydrogen-bond donors (Lipinski definition) is 0. The van der Waals surface area contributed by atoms with Crippen molar-refractivity contribution in [3.8, 4) is 0 Å². The minimum atomic E-state index is -0.590. The van der Waals surface area contributed by atoms with Crippen molar-refractivity contribution in [2.45, 2.75) is 11.0 Å². The highest BCUT2D eigenvalue weighted by molar-refractivity contribution is 6.73. The molecule has 0 bridgehead atoms. The summed E-state index contributed by atoms with van der Waals surface area (Å²) in [6.45, 7) is 0. The van der Waals surface area contributed by atoms with Crippen molar-refractivity contribution >= 4 is 46.2 Å². The first kappa shape index (κ1) is 7.32. The topological polar surface area (TPSA) is 24.7 Å². The predicted octanol–water partition coefficient (Wildman–Crippen LogP) is 1.84. The molecule has 9 heavy (non-hydrogen) atoms. The average molecular weight is 185 g/mol. The molecular formula is C4H3Cl3N2. The maximum absolute atomic E-state index is 5.56. The minimum absolute atomic E-state index is 0.298. The molecule has 1 aliphatic heterocycles. The summed E-state index contributed by atoms with van der Waals surface area (Å²) in [6, 6.07) is 0. The molecule has 0 aromatic carbocycles. The Labute approximate surface area is 67.5 Å². The van der Waals surface area contributed by atoms with E-state index in [1.807, 2.05) is 0 Å². The van der Waals surface area contributed by atoms with Crippen LogP contribution in [0.5, 0.6) is 0 Å². The smallest absolute Gasteiger partial charge is 0.215 e. The first-order valence-electron chi connectivity index (χ1n) is 2.25. The van der Waals surface area contributed by atoms with E-state index in [0.717, 1.165) is 0 Å². The van der Waals surface area contributed by atoms with E-state index in [1.165, 1.54) is 6.21 Å². The first-order chi connectivity index (χ1) is 4.20. The van der Waals surface area contributed by atoms with Gasteiger partial charge in [0.25, 0.3) is 0 Å². The molecule has 50 valence electrons. The summed E-state index contributed by atoms with van der Waals surface area (Å²) in [4.78, 5) is 7.38. The van der Waals surface area contributed by atoms with Gasteiger partial charge < -0.3 is 0 Å². The number of alkyl halides is 2. The van der Waals surface area contributed by atoms with Gasteiger partial charge in [0.1, 0.15) is 10.5 Å². The van der Waals surface area contributed by atoms with E-state index in [9.17, 15) is 0 Å². The Balaban J connectivity index is 2.70. The fourth-order valence-corrected chi connectivity index (χ4v) is 0.905. The summed E-state index contributed by atoms with van der Waals surface area (Å²) in [5.41, 5.74) is -0.590. The second-order valence-corrected chi connectivity index (χ2v) is 2.71. The van der Waals surface area contributed by atoms with Gasteiger partial charge >= 0.3 is 0 Å². The van der Waals surface area contributed by atoms with E-state index >= 15 is 0 Å². The molecule has 2 unspecified atom stereocenters. The van der Waals surface area contributed by atoms with Crippen LogP contribution in [0.2, 0.25) is 0 Å². The lowest BCUT2D eigenvalue weighted by molar-refractivity contribution is 0.963. The molecule has 0 saturated heterocycles. The molecule has 1 heterocycles. The molecule has 0 aromatic heterocycles. The number of nitrogens with zero attached hydrogens (tertiary/aromatic N) is 2. The predicted molar refractivity (Wildman–Crippen MR) is 41.1 cm³/mol. The van der Waals surface area contributed by atoms with Gasteiger partial charge in [0.15, 0.2) is 0 Å². The summed E-state index contributed by atoms with van der Waals surface area (Å²) in [5, 5.41) is -0.103. The molecule has 0 saturated carbocycles. The third kappa shape index (κ3) is 1.81. The number of halogens is 3. The van der Waals surface area contributed by atoms with Crippen LogP contribution < -0.4 is 0 Å². The van der Waals surface area contributed by atoms with Crippen LogP contribution in [0.3, 0.4) is 0 Å². The van der Waals surface area contributed by atoms with Gasteiger partial charge in [-0.15, -0.1) is 11.6 Å². The first-order valence-corrected chi connectivity index (χ1v) is 3.50. The lowest BCUT2D eigenvalue weighted by atomic mass is 10.5. The van der Waals surface area contributed by atoms with Gasteiger partial charge in [-0.05, 0) is 0 Å². The fourth-order valence-electron chi connectivity index (χ4n) is 0.414. The summed E-state index contributed by atoms with van der Waals surface area (Å²) in [7, 11) is 0. The van der Waals surface area contributed by atoms with Crippen molar-refractivity contribution < 1.29 is 0 Å².